The summed E-state index contributed by atoms with van der Waals surface area (Å²) < 4.78 is 41.4. The molecule has 0 fully saturated rings. The predicted octanol–water partition coefficient (Wildman–Crippen LogP) is 2.69. The molecule has 0 aliphatic rings. The molecule has 2 aromatic carbocycles. The Morgan fingerprint density at radius 1 is 1.09 bits per heavy atom. The van der Waals surface area contributed by atoms with Gasteiger partial charge in [-0.15, -0.1) is 0 Å². The number of amides is 2. The van der Waals surface area contributed by atoms with Gasteiger partial charge in [-0.2, -0.15) is 12.7 Å². The molecule has 0 saturated carbocycles. The van der Waals surface area contributed by atoms with E-state index < -0.39 is 34.5 Å². The van der Waals surface area contributed by atoms with Crippen molar-refractivity contribution in [1.82, 2.24) is 14.5 Å². The number of rotatable bonds is 11. The van der Waals surface area contributed by atoms with Crippen LogP contribution in [0.5, 0.6) is 0 Å². The van der Waals surface area contributed by atoms with Gasteiger partial charge in [0.2, 0.25) is 11.8 Å². The van der Waals surface area contributed by atoms with Crippen molar-refractivity contribution in [3.8, 4) is 0 Å². The molecule has 1 N–H and O–H groups in total. The van der Waals surface area contributed by atoms with Crippen molar-refractivity contribution < 1.29 is 22.4 Å². The van der Waals surface area contributed by atoms with E-state index in [2.05, 4.69) is 5.32 Å². The number of benzene rings is 2. The molecule has 0 aliphatic heterocycles. The van der Waals surface area contributed by atoms with Gasteiger partial charge in [0.25, 0.3) is 0 Å². The maximum Gasteiger partial charge on any atom is 0.304 e. The van der Waals surface area contributed by atoms with Crippen LogP contribution < -0.4 is 9.62 Å². The molecular formula is C24H33FN4O4S. The Labute approximate surface area is 201 Å². The highest BCUT2D eigenvalue weighted by atomic mass is 32.2. The van der Waals surface area contributed by atoms with Gasteiger partial charge in [-0.3, -0.25) is 9.59 Å². The van der Waals surface area contributed by atoms with E-state index in [9.17, 15) is 22.4 Å². The molecule has 186 valence electrons. The van der Waals surface area contributed by atoms with Crippen LogP contribution in [0.15, 0.2) is 48.5 Å². The van der Waals surface area contributed by atoms with Gasteiger partial charge in [-0.25, -0.2) is 8.70 Å². The fraction of sp³-hybridized carbons (Fsp3) is 0.417. The zero-order valence-electron chi connectivity index (χ0n) is 20.3. The fourth-order valence-corrected chi connectivity index (χ4v) is 4.37. The SMILES string of the molecule is CCCNC(=O)C(C)N(Cc1cccc(C)c1)C(=O)CN(c1ccc(F)cc1)S(=O)(=O)N(C)C. The molecule has 0 radical (unpaired) electrons. The minimum Gasteiger partial charge on any atom is -0.354 e. The van der Waals surface area contributed by atoms with E-state index in [-0.39, 0.29) is 18.1 Å². The number of anilines is 1. The van der Waals surface area contributed by atoms with Crippen molar-refractivity contribution in [2.24, 2.45) is 0 Å². The number of hydrogen-bond donors (Lipinski definition) is 1. The second-order valence-electron chi connectivity index (χ2n) is 8.25. The zero-order chi connectivity index (χ0) is 25.5. The average Bonchev–Trinajstić information content (AvgIpc) is 2.79. The number of halogens is 1. The third-order valence-electron chi connectivity index (χ3n) is 5.29. The summed E-state index contributed by atoms with van der Waals surface area (Å²) in [6.45, 7) is 5.50. The summed E-state index contributed by atoms with van der Waals surface area (Å²) in [5.74, 6) is -1.42. The van der Waals surface area contributed by atoms with Gasteiger partial charge in [0.1, 0.15) is 18.4 Å². The van der Waals surface area contributed by atoms with E-state index in [1.54, 1.807) is 6.92 Å². The van der Waals surface area contributed by atoms with Crippen molar-refractivity contribution in [2.75, 3.05) is 31.5 Å². The van der Waals surface area contributed by atoms with E-state index in [1.807, 2.05) is 38.1 Å². The van der Waals surface area contributed by atoms with E-state index in [0.717, 1.165) is 38.3 Å². The third-order valence-corrected chi connectivity index (χ3v) is 7.11. The van der Waals surface area contributed by atoms with Crippen LogP contribution in [0, 0.1) is 12.7 Å². The Hall–Kier alpha value is -2.98. The lowest BCUT2D eigenvalue weighted by molar-refractivity contribution is -0.139. The smallest absolute Gasteiger partial charge is 0.304 e. The van der Waals surface area contributed by atoms with Crippen LogP contribution in [0.3, 0.4) is 0 Å². The quantitative estimate of drug-likeness (QED) is 0.522. The van der Waals surface area contributed by atoms with Crippen LogP contribution in [0.2, 0.25) is 0 Å². The molecule has 0 aliphatic carbocycles. The first-order chi connectivity index (χ1) is 16.0. The van der Waals surface area contributed by atoms with E-state index in [1.165, 1.54) is 31.1 Å². The second kappa shape index (κ2) is 11.9. The number of carbonyl (C=O) groups is 2. The van der Waals surface area contributed by atoms with Crippen LogP contribution in [-0.4, -0.2) is 62.7 Å². The lowest BCUT2D eigenvalue weighted by Gasteiger charge is -2.32. The fourth-order valence-electron chi connectivity index (χ4n) is 3.31. The van der Waals surface area contributed by atoms with Crippen molar-refractivity contribution >= 4 is 27.7 Å². The van der Waals surface area contributed by atoms with E-state index in [0.29, 0.717) is 6.54 Å². The number of aryl methyl sites for hydroxylation is 1. The van der Waals surface area contributed by atoms with E-state index >= 15 is 0 Å². The Balaban J connectivity index is 2.43. The zero-order valence-corrected chi connectivity index (χ0v) is 21.1. The molecular weight excluding hydrogens is 459 g/mol. The number of hydrogen-bond acceptors (Lipinski definition) is 4. The standard InChI is InChI=1S/C24H33FN4O4S/c1-6-14-26-24(31)19(3)28(16-20-9-7-8-18(2)15-20)23(30)17-29(34(32,33)27(4)5)22-12-10-21(25)11-13-22/h7-13,15,19H,6,14,16-17H2,1-5H3,(H,26,31). The molecule has 0 bridgehead atoms. The van der Waals surface area contributed by atoms with Crippen molar-refractivity contribution in [3.63, 3.8) is 0 Å². The first-order valence-electron chi connectivity index (χ1n) is 11.1. The monoisotopic (exact) mass is 492 g/mol. The first-order valence-corrected chi connectivity index (χ1v) is 12.5. The second-order valence-corrected chi connectivity index (χ2v) is 10.3. The Kier molecular flexibility index (Phi) is 9.57. The van der Waals surface area contributed by atoms with Crippen molar-refractivity contribution in [1.29, 1.82) is 0 Å². The lowest BCUT2D eigenvalue weighted by atomic mass is 10.1. The minimum absolute atomic E-state index is 0.125. The number of nitrogens with one attached hydrogen (secondary N) is 1. The first kappa shape index (κ1) is 27.3. The Morgan fingerprint density at radius 2 is 1.74 bits per heavy atom. The summed E-state index contributed by atoms with van der Waals surface area (Å²) in [5, 5.41) is 2.79. The topological polar surface area (TPSA) is 90.0 Å². The Bertz CT molecular complexity index is 1090. The molecule has 0 spiro atoms. The summed E-state index contributed by atoms with van der Waals surface area (Å²) in [7, 11) is -1.38. The highest BCUT2D eigenvalue weighted by Crippen LogP contribution is 2.21. The van der Waals surface area contributed by atoms with Crippen LogP contribution in [0.1, 0.15) is 31.4 Å². The highest BCUT2D eigenvalue weighted by molar-refractivity contribution is 7.90. The lowest BCUT2D eigenvalue weighted by Crippen LogP contribution is -2.52. The van der Waals surface area contributed by atoms with Crippen molar-refractivity contribution in [2.45, 2.75) is 39.8 Å². The minimum atomic E-state index is -4.08. The number of nitrogens with zero attached hydrogens (tertiary/aromatic N) is 3. The maximum absolute atomic E-state index is 13.5. The van der Waals surface area contributed by atoms with Gasteiger partial charge in [-0.05, 0) is 50.1 Å². The summed E-state index contributed by atoms with van der Waals surface area (Å²) in [5.41, 5.74) is 1.95. The average molecular weight is 493 g/mol. The van der Waals surface area contributed by atoms with Crippen LogP contribution in [0.4, 0.5) is 10.1 Å². The van der Waals surface area contributed by atoms with Gasteiger partial charge in [0.05, 0.1) is 5.69 Å². The summed E-state index contributed by atoms with van der Waals surface area (Å²) in [6.07, 6.45) is 0.740. The van der Waals surface area contributed by atoms with Gasteiger partial charge < -0.3 is 10.2 Å². The maximum atomic E-state index is 13.5. The molecule has 8 nitrogen and oxygen atoms in total. The van der Waals surface area contributed by atoms with Gasteiger partial charge >= 0.3 is 10.2 Å². The molecule has 2 amide bonds. The molecule has 0 saturated heterocycles. The van der Waals surface area contributed by atoms with E-state index in [4.69, 9.17) is 0 Å². The summed E-state index contributed by atoms with van der Waals surface area (Å²) >= 11 is 0. The third kappa shape index (κ3) is 7.01. The van der Waals surface area contributed by atoms with Crippen molar-refractivity contribution in [3.05, 3.63) is 65.5 Å². The molecule has 0 heterocycles. The van der Waals surface area contributed by atoms with Crippen LogP contribution in [0.25, 0.3) is 0 Å². The highest BCUT2D eigenvalue weighted by Gasteiger charge is 2.32. The normalized spacial score (nSPS) is 12.3. The summed E-state index contributed by atoms with van der Waals surface area (Å²) in [6, 6.07) is 11.5. The molecule has 0 aromatic heterocycles. The molecule has 2 rings (SSSR count). The summed E-state index contributed by atoms with van der Waals surface area (Å²) in [4.78, 5) is 27.6. The number of carbonyl (C=O) groups excluding carboxylic acids is 2. The largest absolute Gasteiger partial charge is 0.354 e. The molecule has 1 atom stereocenters. The van der Waals surface area contributed by atoms with Crippen LogP contribution >= 0.6 is 0 Å². The molecule has 1 unspecified atom stereocenters. The predicted molar refractivity (Wildman–Crippen MR) is 131 cm³/mol. The van der Waals surface area contributed by atoms with Gasteiger partial charge in [0, 0.05) is 27.2 Å². The molecule has 10 heteroatoms. The Morgan fingerprint density at radius 3 is 2.29 bits per heavy atom. The van der Waals surface area contributed by atoms with Gasteiger partial charge in [-0.1, -0.05) is 36.8 Å². The molecule has 34 heavy (non-hydrogen) atoms. The van der Waals surface area contributed by atoms with Gasteiger partial charge in [0.15, 0.2) is 0 Å². The van der Waals surface area contributed by atoms with Crippen LogP contribution in [-0.2, 0) is 26.3 Å². The molecule has 2 aromatic rings.